The molecule has 19 heavy (non-hydrogen) atoms. The third-order valence-corrected chi connectivity index (χ3v) is 3.82. The molecule has 0 radical (unpaired) electrons. The normalized spacial score (nSPS) is 18.8. The first-order valence-electron chi connectivity index (χ1n) is 6.50. The van der Waals surface area contributed by atoms with E-state index in [0.29, 0.717) is 0 Å². The molecule has 0 bridgehead atoms. The average Bonchev–Trinajstić information content (AvgIpc) is 2.90. The first-order chi connectivity index (χ1) is 9.06. The Hall–Kier alpha value is -1.91. The molecule has 1 fully saturated rings. The van der Waals surface area contributed by atoms with Gasteiger partial charge in [0.05, 0.1) is 5.41 Å². The van der Waals surface area contributed by atoms with Crippen LogP contribution in [-0.4, -0.2) is 28.0 Å². The van der Waals surface area contributed by atoms with Gasteiger partial charge in [-0.2, -0.15) is 0 Å². The smallest absolute Gasteiger partial charge is 0.325 e. The second kappa shape index (κ2) is 5.38. The highest BCUT2D eigenvalue weighted by molar-refractivity contribution is 5.91. The van der Waals surface area contributed by atoms with Gasteiger partial charge in [0, 0.05) is 12.4 Å². The van der Waals surface area contributed by atoms with Crippen molar-refractivity contribution in [1.29, 1.82) is 0 Å². The average molecular weight is 262 g/mol. The Morgan fingerprint density at radius 1 is 1.42 bits per heavy atom. The molecule has 0 aromatic carbocycles. The molecule has 1 atom stereocenters. The van der Waals surface area contributed by atoms with Crippen LogP contribution in [0.5, 0.6) is 0 Å². The first-order valence-corrected chi connectivity index (χ1v) is 6.50. The van der Waals surface area contributed by atoms with Crippen LogP contribution < -0.4 is 5.32 Å². The maximum Gasteiger partial charge on any atom is 0.325 e. The van der Waals surface area contributed by atoms with E-state index >= 15 is 0 Å². The predicted molar refractivity (Wildman–Crippen MR) is 69.6 cm³/mol. The van der Waals surface area contributed by atoms with Crippen LogP contribution >= 0.6 is 0 Å². The van der Waals surface area contributed by atoms with Crippen LogP contribution in [0.25, 0.3) is 0 Å². The van der Waals surface area contributed by atoms with Crippen molar-refractivity contribution in [2.45, 2.75) is 44.1 Å². The van der Waals surface area contributed by atoms with Crippen LogP contribution in [0.3, 0.4) is 0 Å². The van der Waals surface area contributed by atoms with E-state index in [0.717, 1.165) is 31.2 Å². The number of amides is 1. The Labute approximate surface area is 112 Å². The summed E-state index contributed by atoms with van der Waals surface area (Å²) < 4.78 is 0. The quantitative estimate of drug-likeness (QED) is 0.861. The van der Waals surface area contributed by atoms with Gasteiger partial charge in [-0.05, 0) is 31.4 Å². The van der Waals surface area contributed by atoms with Crippen LogP contribution in [0.1, 0.15) is 38.2 Å². The maximum atomic E-state index is 12.5. The fourth-order valence-electron chi connectivity index (χ4n) is 2.67. The van der Waals surface area contributed by atoms with Gasteiger partial charge in [-0.1, -0.05) is 18.9 Å². The van der Waals surface area contributed by atoms with E-state index in [-0.39, 0.29) is 5.91 Å². The topological polar surface area (TPSA) is 79.3 Å². The molecule has 1 saturated carbocycles. The summed E-state index contributed by atoms with van der Waals surface area (Å²) >= 11 is 0. The van der Waals surface area contributed by atoms with Crippen molar-refractivity contribution in [2.75, 3.05) is 0 Å². The summed E-state index contributed by atoms with van der Waals surface area (Å²) in [5.41, 5.74) is 0.264. The lowest BCUT2D eigenvalue weighted by molar-refractivity contribution is -0.142. The van der Waals surface area contributed by atoms with Gasteiger partial charge in [-0.15, -0.1) is 0 Å². The Bertz CT molecular complexity index is 467. The lowest BCUT2D eigenvalue weighted by Crippen LogP contribution is -2.48. The number of carbonyl (C=O) groups is 2. The van der Waals surface area contributed by atoms with Crippen molar-refractivity contribution < 1.29 is 14.7 Å². The minimum Gasteiger partial charge on any atom is -0.480 e. The first kappa shape index (κ1) is 13.5. The summed E-state index contributed by atoms with van der Waals surface area (Å²) in [6.07, 6.45) is 6.82. The summed E-state index contributed by atoms with van der Waals surface area (Å²) in [6.45, 7) is 1.48. The summed E-state index contributed by atoms with van der Waals surface area (Å²) in [7, 11) is 0. The van der Waals surface area contributed by atoms with E-state index in [9.17, 15) is 9.59 Å². The number of aromatic nitrogens is 1. The van der Waals surface area contributed by atoms with Crippen molar-refractivity contribution in [2.24, 2.45) is 0 Å². The highest BCUT2D eigenvalue weighted by atomic mass is 16.4. The zero-order valence-corrected chi connectivity index (χ0v) is 10.9. The van der Waals surface area contributed by atoms with E-state index in [1.54, 1.807) is 12.4 Å². The zero-order chi connectivity index (χ0) is 13.9. The standard InChI is InChI=1S/C14H18N2O3/c1-10(12(17)18)16-13(19)14(6-2-3-7-14)11-5-4-8-15-9-11/h4-5,8-10H,2-3,6-7H2,1H3,(H,16,19)(H,17,18)/t10-/m1/s1. The molecule has 1 aliphatic rings. The Balaban J connectivity index is 2.25. The minimum absolute atomic E-state index is 0.201. The molecule has 1 heterocycles. The van der Waals surface area contributed by atoms with Gasteiger partial charge in [0.15, 0.2) is 0 Å². The number of aliphatic carboxylic acids is 1. The summed E-state index contributed by atoms with van der Waals surface area (Å²) in [6, 6.07) is 2.83. The second-order valence-corrected chi connectivity index (χ2v) is 5.06. The van der Waals surface area contributed by atoms with Gasteiger partial charge >= 0.3 is 5.97 Å². The van der Waals surface area contributed by atoms with Crippen LogP contribution in [0, 0.1) is 0 Å². The number of rotatable bonds is 4. The number of hydrogen-bond acceptors (Lipinski definition) is 3. The number of carboxylic acids is 1. The zero-order valence-electron chi connectivity index (χ0n) is 10.9. The van der Waals surface area contributed by atoms with Gasteiger partial charge in [-0.3, -0.25) is 14.6 Å². The lowest BCUT2D eigenvalue weighted by Gasteiger charge is -2.28. The Morgan fingerprint density at radius 3 is 2.63 bits per heavy atom. The molecule has 102 valence electrons. The number of hydrogen-bond donors (Lipinski definition) is 2. The molecular formula is C14H18N2O3. The van der Waals surface area contributed by atoms with Gasteiger partial charge in [0.1, 0.15) is 6.04 Å². The van der Waals surface area contributed by atoms with Crippen LogP contribution in [0.15, 0.2) is 24.5 Å². The van der Waals surface area contributed by atoms with Crippen molar-refractivity contribution in [3.8, 4) is 0 Å². The van der Waals surface area contributed by atoms with Gasteiger partial charge in [0.25, 0.3) is 0 Å². The maximum absolute atomic E-state index is 12.5. The molecule has 0 saturated heterocycles. The molecule has 5 heteroatoms. The summed E-state index contributed by atoms with van der Waals surface area (Å²) in [5, 5.41) is 11.5. The Morgan fingerprint density at radius 2 is 2.11 bits per heavy atom. The molecule has 1 aromatic heterocycles. The molecule has 1 amide bonds. The number of carboxylic acid groups (broad SMARTS) is 1. The minimum atomic E-state index is -1.02. The lowest BCUT2D eigenvalue weighted by atomic mass is 9.78. The molecule has 2 N–H and O–H groups in total. The van der Waals surface area contributed by atoms with E-state index in [2.05, 4.69) is 10.3 Å². The van der Waals surface area contributed by atoms with E-state index < -0.39 is 17.4 Å². The molecular weight excluding hydrogens is 244 g/mol. The third kappa shape index (κ3) is 2.59. The highest BCUT2D eigenvalue weighted by Crippen LogP contribution is 2.41. The largest absolute Gasteiger partial charge is 0.480 e. The van der Waals surface area contributed by atoms with E-state index in [1.165, 1.54) is 6.92 Å². The van der Waals surface area contributed by atoms with E-state index in [4.69, 9.17) is 5.11 Å². The summed E-state index contributed by atoms with van der Waals surface area (Å²) in [5.74, 6) is -1.22. The van der Waals surface area contributed by atoms with Crippen LogP contribution in [-0.2, 0) is 15.0 Å². The molecule has 0 aliphatic heterocycles. The van der Waals surface area contributed by atoms with Crippen molar-refractivity contribution in [1.82, 2.24) is 10.3 Å². The van der Waals surface area contributed by atoms with E-state index in [1.807, 2.05) is 12.1 Å². The van der Waals surface area contributed by atoms with Crippen molar-refractivity contribution in [3.63, 3.8) is 0 Å². The number of nitrogens with zero attached hydrogens (tertiary/aromatic N) is 1. The third-order valence-electron chi connectivity index (χ3n) is 3.82. The van der Waals surface area contributed by atoms with Gasteiger partial charge < -0.3 is 10.4 Å². The monoisotopic (exact) mass is 262 g/mol. The molecule has 2 rings (SSSR count). The summed E-state index contributed by atoms with van der Waals surface area (Å²) in [4.78, 5) is 27.4. The highest BCUT2D eigenvalue weighted by Gasteiger charge is 2.43. The molecule has 0 unspecified atom stereocenters. The fourth-order valence-corrected chi connectivity index (χ4v) is 2.67. The van der Waals surface area contributed by atoms with Crippen LogP contribution in [0.2, 0.25) is 0 Å². The number of carbonyl (C=O) groups excluding carboxylic acids is 1. The van der Waals surface area contributed by atoms with Crippen LogP contribution in [0.4, 0.5) is 0 Å². The Kier molecular flexibility index (Phi) is 3.83. The molecule has 1 aromatic rings. The van der Waals surface area contributed by atoms with Gasteiger partial charge in [0.2, 0.25) is 5.91 Å². The predicted octanol–water partition coefficient (Wildman–Crippen LogP) is 1.48. The van der Waals surface area contributed by atoms with Crippen molar-refractivity contribution >= 4 is 11.9 Å². The van der Waals surface area contributed by atoms with Gasteiger partial charge in [-0.25, -0.2) is 0 Å². The number of pyridine rings is 1. The molecule has 5 nitrogen and oxygen atoms in total. The SMILES string of the molecule is C[C@@H](NC(=O)C1(c2cccnc2)CCCC1)C(=O)O. The van der Waals surface area contributed by atoms with Crippen molar-refractivity contribution in [3.05, 3.63) is 30.1 Å². The second-order valence-electron chi connectivity index (χ2n) is 5.06. The number of nitrogens with one attached hydrogen (secondary N) is 1. The fraction of sp³-hybridized carbons (Fsp3) is 0.500. The molecule has 0 spiro atoms. The molecule has 1 aliphatic carbocycles.